The van der Waals surface area contributed by atoms with Gasteiger partial charge in [-0.3, -0.25) is 4.79 Å². The van der Waals surface area contributed by atoms with Gasteiger partial charge in [-0.05, 0) is 50.7 Å². The quantitative estimate of drug-likeness (QED) is 0.893. The molecule has 0 radical (unpaired) electrons. The van der Waals surface area contributed by atoms with E-state index in [1.54, 1.807) is 6.20 Å². The van der Waals surface area contributed by atoms with E-state index in [1.165, 1.54) is 0 Å². The number of halogens is 1. The molecule has 5 nitrogen and oxygen atoms in total. The van der Waals surface area contributed by atoms with Crippen molar-refractivity contribution in [3.63, 3.8) is 0 Å². The molecule has 3 rings (SSSR count). The SMILES string of the molecule is CC(C)Nc1ncccc1C(=O)N1CC2CCC(N)C2C1.Cl. The average Bonchev–Trinajstić information content (AvgIpc) is 3.01. The molecule has 0 spiro atoms. The van der Waals surface area contributed by atoms with Crippen molar-refractivity contribution < 1.29 is 4.79 Å². The number of nitrogens with one attached hydrogen (secondary N) is 1. The number of pyridine rings is 1. The fourth-order valence-corrected chi connectivity index (χ4v) is 3.61. The molecule has 2 heterocycles. The van der Waals surface area contributed by atoms with Crippen molar-refractivity contribution in [1.29, 1.82) is 0 Å². The highest BCUT2D eigenvalue weighted by Gasteiger charge is 2.42. The summed E-state index contributed by atoms with van der Waals surface area (Å²) >= 11 is 0. The molecule has 0 aromatic carbocycles. The Morgan fingerprint density at radius 3 is 2.86 bits per heavy atom. The summed E-state index contributed by atoms with van der Waals surface area (Å²) in [4.78, 5) is 19.1. The molecule has 2 aliphatic rings. The molecule has 0 bridgehead atoms. The summed E-state index contributed by atoms with van der Waals surface area (Å²) in [6.45, 7) is 5.72. The number of hydrogen-bond acceptors (Lipinski definition) is 4. The zero-order valence-electron chi connectivity index (χ0n) is 13.2. The monoisotopic (exact) mass is 324 g/mol. The molecule has 3 N–H and O–H groups in total. The Balaban J connectivity index is 0.00000176. The summed E-state index contributed by atoms with van der Waals surface area (Å²) in [6, 6.07) is 4.18. The van der Waals surface area contributed by atoms with Crippen LogP contribution >= 0.6 is 12.4 Å². The molecular formula is C16H25ClN4O. The zero-order chi connectivity index (χ0) is 15.0. The van der Waals surface area contributed by atoms with Gasteiger partial charge in [-0.15, -0.1) is 12.4 Å². The molecule has 1 amide bonds. The average molecular weight is 325 g/mol. The van der Waals surface area contributed by atoms with Crippen LogP contribution < -0.4 is 11.1 Å². The molecule has 122 valence electrons. The van der Waals surface area contributed by atoms with E-state index in [0.29, 0.717) is 23.2 Å². The first-order chi connectivity index (χ1) is 10.1. The second-order valence-corrected chi connectivity index (χ2v) is 6.57. The van der Waals surface area contributed by atoms with E-state index in [2.05, 4.69) is 10.3 Å². The molecule has 3 unspecified atom stereocenters. The van der Waals surface area contributed by atoms with Crippen molar-refractivity contribution in [3.8, 4) is 0 Å². The normalized spacial score (nSPS) is 26.7. The Morgan fingerprint density at radius 2 is 2.18 bits per heavy atom. The van der Waals surface area contributed by atoms with Gasteiger partial charge in [0.15, 0.2) is 0 Å². The summed E-state index contributed by atoms with van der Waals surface area (Å²) in [5.41, 5.74) is 6.82. The van der Waals surface area contributed by atoms with E-state index in [-0.39, 0.29) is 30.4 Å². The number of carbonyl (C=O) groups is 1. The second-order valence-electron chi connectivity index (χ2n) is 6.57. The molecule has 1 aliphatic carbocycles. The minimum atomic E-state index is 0. The van der Waals surface area contributed by atoms with E-state index >= 15 is 0 Å². The number of nitrogens with zero attached hydrogens (tertiary/aromatic N) is 2. The number of likely N-dealkylation sites (tertiary alicyclic amines) is 1. The van der Waals surface area contributed by atoms with Crippen LogP contribution in [0.4, 0.5) is 5.82 Å². The molecular weight excluding hydrogens is 300 g/mol. The fraction of sp³-hybridized carbons (Fsp3) is 0.625. The van der Waals surface area contributed by atoms with E-state index in [0.717, 1.165) is 25.9 Å². The first kappa shape index (κ1) is 17.0. The van der Waals surface area contributed by atoms with Crippen LogP contribution in [0.2, 0.25) is 0 Å². The van der Waals surface area contributed by atoms with Crippen molar-refractivity contribution in [3.05, 3.63) is 23.9 Å². The highest BCUT2D eigenvalue weighted by Crippen LogP contribution is 2.37. The zero-order valence-corrected chi connectivity index (χ0v) is 14.0. The van der Waals surface area contributed by atoms with Crippen molar-refractivity contribution >= 4 is 24.1 Å². The van der Waals surface area contributed by atoms with E-state index < -0.39 is 0 Å². The lowest BCUT2D eigenvalue weighted by Gasteiger charge is -2.21. The predicted octanol–water partition coefficient (Wildman–Crippen LogP) is 2.13. The molecule has 6 heteroatoms. The lowest BCUT2D eigenvalue weighted by Crippen LogP contribution is -2.34. The summed E-state index contributed by atoms with van der Waals surface area (Å²) in [7, 11) is 0. The molecule has 1 saturated carbocycles. The summed E-state index contributed by atoms with van der Waals surface area (Å²) < 4.78 is 0. The maximum absolute atomic E-state index is 12.8. The number of anilines is 1. The van der Waals surface area contributed by atoms with Gasteiger partial charge in [-0.2, -0.15) is 0 Å². The largest absolute Gasteiger partial charge is 0.367 e. The van der Waals surface area contributed by atoms with Crippen LogP contribution in [-0.2, 0) is 0 Å². The minimum Gasteiger partial charge on any atom is -0.367 e. The lowest BCUT2D eigenvalue weighted by atomic mass is 9.98. The second kappa shape index (κ2) is 6.84. The van der Waals surface area contributed by atoms with Crippen LogP contribution in [0.15, 0.2) is 18.3 Å². The third-order valence-corrected chi connectivity index (χ3v) is 4.66. The molecule has 1 aromatic heterocycles. The van der Waals surface area contributed by atoms with Gasteiger partial charge in [0.05, 0.1) is 5.56 Å². The summed E-state index contributed by atoms with van der Waals surface area (Å²) in [6.07, 6.45) is 3.97. The van der Waals surface area contributed by atoms with Crippen LogP contribution in [0.25, 0.3) is 0 Å². The fourth-order valence-electron chi connectivity index (χ4n) is 3.61. The van der Waals surface area contributed by atoms with Gasteiger partial charge >= 0.3 is 0 Å². The van der Waals surface area contributed by atoms with Gasteiger partial charge in [-0.1, -0.05) is 0 Å². The van der Waals surface area contributed by atoms with Crippen LogP contribution in [-0.4, -0.2) is 41.0 Å². The van der Waals surface area contributed by atoms with Crippen LogP contribution in [0, 0.1) is 11.8 Å². The Morgan fingerprint density at radius 1 is 1.41 bits per heavy atom. The first-order valence-electron chi connectivity index (χ1n) is 7.82. The molecule has 2 fully saturated rings. The number of aromatic nitrogens is 1. The van der Waals surface area contributed by atoms with Gasteiger partial charge < -0.3 is 16.0 Å². The molecule has 1 saturated heterocycles. The van der Waals surface area contributed by atoms with Crippen molar-refractivity contribution in [1.82, 2.24) is 9.88 Å². The summed E-state index contributed by atoms with van der Waals surface area (Å²) in [5.74, 6) is 1.82. The Bertz CT molecular complexity index is 537. The van der Waals surface area contributed by atoms with Gasteiger partial charge in [0, 0.05) is 31.4 Å². The van der Waals surface area contributed by atoms with Crippen LogP contribution in [0.3, 0.4) is 0 Å². The molecule has 1 aromatic rings. The molecule has 22 heavy (non-hydrogen) atoms. The van der Waals surface area contributed by atoms with Crippen molar-refractivity contribution in [2.24, 2.45) is 17.6 Å². The topological polar surface area (TPSA) is 71.2 Å². The predicted molar refractivity (Wildman–Crippen MR) is 90.3 cm³/mol. The number of carbonyl (C=O) groups excluding carboxylic acids is 1. The molecule has 1 aliphatic heterocycles. The minimum absolute atomic E-state index is 0. The van der Waals surface area contributed by atoms with E-state index in [1.807, 2.05) is 30.9 Å². The number of rotatable bonds is 3. The molecule has 3 atom stereocenters. The number of hydrogen-bond donors (Lipinski definition) is 2. The summed E-state index contributed by atoms with van der Waals surface area (Å²) in [5, 5.41) is 3.25. The van der Waals surface area contributed by atoms with Crippen molar-refractivity contribution in [2.75, 3.05) is 18.4 Å². The lowest BCUT2D eigenvalue weighted by molar-refractivity contribution is 0.0780. The standard InChI is InChI=1S/C16H24N4O.ClH/c1-10(2)19-15-12(4-3-7-18-15)16(21)20-8-11-5-6-14(17)13(11)9-20;/h3-4,7,10-11,13-14H,5-6,8-9,17H2,1-2H3,(H,18,19);1H. The van der Waals surface area contributed by atoms with E-state index in [4.69, 9.17) is 5.73 Å². The van der Waals surface area contributed by atoms with Gasteiger partial charge in [-0.25, -0.2) is 4.98 Å². The Labute approximate surface area is 138 Å². The van der Waals surface area contributed by atoms with Crippen molar-refractivity contribution in [2.45, 2.75) is 38.8 Å². The van der Waals surface area contributed by atoms with Gasteiger partial charge in [0.25, 0.3) is 5.91 Å². The van der Waals surface area contributed by atoms with Crippen LogP contribution in [0.5, 0.6) is 0 Å². The number of fused-ring (bicyclic) bond motifs is 1. The van der Waals surface area contributed by atoms with E-state index in [9.17, 15) is 4.79 Å². The van der Waals surface area contributed by atoms with Gasteiger partial charge in [0.1, 0.15) is 5.82 Å². The maximum Gasteiger partial charge on any atom is 0.257 e. The maximum atomic E-state index is 12.8. The smallest absolute Gasteiger partial charge is 0.257 e. The third kappa shape index (κ3) is 3.20. The number of nitrogens with two attached hydrogens (primary N) is 1. The third-order valence-electron chi connectivity index (χ3n) is 4.66. The number of amides is 1. The first-order valence-corrected chi connectivity index (χ1v) is 7.82. The highest BCUT2D eigenvalue weighted by molar-refractivity contribution is 5.98. The highest BCUT2D eigenvalue weighted by atomic mass is 35.5. The Kier molecular flexibility index (Phi) is 5.29. The Hall–Kier alpha value is -1.33. The van der Waals surface area contributed by atoms with Crippen LogP contribution in [0.1, 0.15) is 37.0 Å². The van der Waals surface area contributed by atoms with Gasteiger partial charge in [0.2, 0.25) is 0 Å².